The molecule has 6 heteroatoms. The third-order valence-corrected chi connectivity index (χ3v) is 2.87. The van der Waals surface area contributed by atoms with E-state index < -0.39 is 11.9 Å². The Kier molecular flexibility index (Phi) is 7.22. The van der Waals surface area contributed by atoms with Gasteiger partial charge in [0.25, 0.3) is 0 Å². The van der Waals surface area contributed by atoms with Gasteiger partial charge >= 0.3 is 0 Å². The quantitative estimate of drug-likeness (QED) is 0.757. The highest BCUT2D eigenvalue weighted by molar-refractivity contribution is 6.32. The molecule has 0 aliphatic carbocycles. The first-order valence-corrected chi connectivity index (χ1v) is 6.49. The molecule has 1 rings (SSSR count). The molecule has 1 atom stereocenters. The van der Waals surface area contributed by atoms with Gasteiger partial charge in [-0.15, -0.1) is 0 Å². The van der Waals surface area contributed by atoms with Gasteiger partial charge < -0.3 is 15.2 Å². The zero-order valence-electron chi connectivity index (χ0n) is 11.1. The minimum absolute atomic E-state index is 0.170. The molecular formula is C14H17ClFNO3. The molecule has 0 heterocycles. The Morgan fingerprint density at radius 1 is 1.60 bits per heavy atom. The molecule has 0 aliphatic heterocycles. The highest BCUT2D eigenvalue weighted by Crippen LogP contribution is 2.20. The van der Waals surface area contributed by atoms with Gasteiger partial charge in [-0.2, -0.15) is 0 Å². The maximum absolute atomic E-state index is 13.4. The smallest absolute Gasteiger partial charge is 0.244 e. The number of hydrogen-bond acceptors (Lipinski definition) is 3. The van der Waals surface area contributed by atoms with Crippen molar-refractivity contribution in [2.75, 3.05) is 20.3 Å². The average Bonchev–Trinajstić information content (AvgIpc) is 2.38. The maximum Gasteiger partial charge on any atom is 0.244 e. The van der Waals surface area contributed by atoms with E-state index in [9.17, 15) is 14.3 Å². The second-order valence-electron chi connectivity index (χ2n) is 4.16. The van der Waals surface area contributed by atoms with Crippen LogP contribution in [-0.4, -0.2) is 37.4 Å². The average molecular weight is 302 g/mol. The molecule has 0 saturated carbocycles. The summed E-state index contributed by atoms with van der Waals surface area (Å²) < 4.78 is 18.2. The lowest BCUT2D eigenvalue weighted by atomic mass is 10.2. The van der Waals surface area contributed by atoms with Gasteiger partial charge in [0, 0.05) is 25.3 Å². The molecule has 0 spiro atoms. The SMILES string of the molecule is COCC(O)CCNC(=O)/C=C/c1c(F)cccc1Cl. The van der Waals surface area contributed by atoms with Crippen LogP contribution in [0.3, 0.4) is 0 Å². The highest BCUT2D eigenvalue weighted by Gasteiger charge is 2.05. The Morgan fingerprint density at radius 2 is 2.35 bits per heavy atom. The van der Waals surface area contributed by atoms with Gasteiger partial charge in [-0.3, -0.25) is 4.79 Å². The van der Waals surface area contributed by atoms with Crippen LogP contribution in [0.4, 0.5) is 4.39 Å². The van der Waals surface area contributed by atoms with Gasteiger partial charge in [0.15, 0.2) is 0 Å². The zero-order valence-corrected chi connectivity index (χ0v) is 11.9. The number of hydrogen-bond donors (Lipinski definition) is 2. The summed E-state index contributed by atoms with van der Waals surface area (Å²) in [5.74, 6) is -0.869. The third kappa shape index (κ3) is 5.69. The van der Waals surface area contributed by atoms with Crippen molar-refractivity contribution >= 4 is 23.6 Å². The van der Waals surface area contributed by atoms with Gasteiger partial charge in [0.2, 0.25) is 5.91 Å². The first-order chi connectivity index (χ1) is 9.54. The summed E-state index contributed by atoms with van der Waals surface area (Å²) >= 11 is 5.82. The molecule has 4 nitrogen and oxygen atoms in total. The van der Waals surface area contributed by atoms with Crippen LogP contribution in [0.25, 0.3) is 6.08 Å². The predicted molar refractivity (Wildman–Crippen MR) is 76.0 cm³/mol. The molecule has 0 fully saturated rings. The molecule has 2 N–H and O–H groups in total. The number of nitrogens with one attached hydrogen (secondary N) is 1. The van der Waals surface area contributed by atoms with E-state index in [4.69, 9.17) is 16.3 Å². The number of carbonyl (C=O) groups is 1. The number of rotatable bonds is 7. The first-order valence-electron chi connectivity index (χ1n) is 6.11. The van der Waals surface area contributed by atoms with E-state index in [1.165, 1.54) is 31.4 Å². The standard InChI is InChI=1S/C14H17ClFNO3/c1-20-9-10(18)7-8-17-14(19)6-5-11-12(15)3-2-4-13(11)16/h2-6,10,18H,7-9H2,1H3,(H,17,19)/b6-5+. The third-order valence-electron chi connectivity index (χ3n) is 2.54. The van der Waals surface area contributed by atoms with E-state index in [1.54, 1.807) is 6.07 Å². The van der Waals surface area contributed by atoms with Crippen molar-refractivity contribution in [1.82, 2.24) is 5.32 Å². The van der Waals surface area contributed by atoms with Gasteiger partial charge in [0.05, 0.1) is 17.7 Å². The van der Waals surface area contributed by atoms with E-state index in [2.05, 4.69) is 5.32 Å². The van der Waals surface area contributed by atoms with Crippen LogP contribution in [0.15, 0.2) is 24.3 Å². The molecule has 1 unspecified atom stereocenters. The van der Waals surface area contributed by atoms with Crippen molar-refractivity contribution in [2.24, 2.45) is 0 Å². The largest absolute Gasteiger partial charge is 0.391 e. The summed E-state index contributed by atoms with van der Waals surface area (Å²) in [6.45, 7) is 0.523. The number of aliphatic hydroxyl groups excluding tert-OH is 1. The van der Waals surface area contributed by atoms with Gasteiger partial charge in [0.1, 0.15) is 5.82 Å². The molecule has 1 aromatic carbocycles. The Bertz CT molecular complexity index is 459. The fourth-order valence-corrected chi connectivity index (χ4v) is 1.75. The molecular weight excluding hydrogens is 285 g/mol. The fraction of sp³-hybridized carbons (Fsp3) is 0.357. The minimum atomic E-state index is -0.620. The van der Waals surface area contributed by atoms with Crippen LogP contribution in [0.2, 0.25) is 5.02 Å². The van der Waals surface area contributed by atoms with Gasteiger partial charge in [-0.05, 0) is 24.6 Å². The molecule has 1 amide bonds. The lowest BCUT2D eigenvalue weighted by Crippen LogP contribution is -2.27. The lowest BCUT2D eigenvalue weighted by molar-refractivity contribution is -0.116. The van der Waals surface area contributed by atoms with Crippen molar-refractivity contribution in [2.45, 2.75) is 12.5 Å². The topological polar surface area (TPSA) is 58.6 Å². The van der Waals surface area contributed by atoms with Crippen molar-refractivity contribution in [1.29, 1.82) is 0 Å². The van der Waals surface area contributed by atoms with Crippen LogP contribution in [0, 0.1) is 5.82 Å². The molecule has 1 aromatic rings. The minimum Gasteiger partial charge on any atom is -0.391 e. The number of benzene rings is 1. The van der Waals surface area contributed by atoms with Crippen LogP contribution < -0.4 is 5.32 Å². The number of carbonyl (C=O) groups excluding carboxylic acids is 1. The molecule has 0 radical (unpaired) electrons. The van der Waals surface area contributed by atoms with E-state index in [0.717, 1.165) is 0 Å². The van der Waals surface area contributed by atoms with Crippen LogP contribution in [0.1, 0.15) is 12.0 Å². The Hall–Kier alpha value is -1.43. The van der Waals surface area contributed by atoms with Crippen LogP contribution >= 0.6 is 11.6 Å². The summed E-state index contributed by atoms with van der Waals surface area (Å²) in [4.78, 5) is 11.5. The lowest BCUT2D eigenvalue weighted by Gasteiger charge is -2.08. The van der Waals surface area contributed by atoms with E-state index in [0.29, 0.717) is 13.0 Å². The summed E-state index contributed by atoms with van der Waals surface area (Å²) in [6, 6.07) is 4.31. The van der Waals surface area contributed by atoms with E-state index >= 15 is 0 Å². The Morgan fingerprint density at radius 3 is 3.00 bits per heavy atom. The molecule has 0 aromatic heterocycles. The number of ether oxygens (including phenoxy) is 1. The Balaban J connectivity index is 2.44. The maximum atomic E-state index is 13.4. The first kappa shape index (κ1) is 16.6. The Labute approximate surface area is 122 Å². The molecule has 20 heavy (non-hydrogen) atoms. The normalized spacial score (nSPS) is 12.6. The van der Waals surface area contributed by atoms with Crippen molar-refractivity contribution in [3.05, 3.63) is 40.7 Å². The van der Waals surface area contributed by atoms with Crippen molar-refractivity contribution in [3.8, 4) is 0 Å². The predicted octanol–water partition coefficient (Wildman–Crippen LogP) is 2.01. The van der Waals surface area contributed by atoms with E-state index in [1.807, 2.05) is 0 Å². The monoisotopic (exact) mass is 301 g/mol. The second-order valence-corrected chi connectivity index (χ2v) is 4.56. The van der Waals surface area contributed by atoms with Crippen LogP contribution in [0.5, 0.6) is 0 Å². The summed E-state index contributed by atoms with van der Waals surface area (Å²) in [7, 11) is 1.49. The summed E-state index contributed by atoms with van der Waals surface area (Å²) in [5.41, 5.74) is 0.170. The van der Waals surface area contributed by atoms with Crippen molar-refractivity contribution in [3.63, 3.8) is 0 Å². The van der Waals surface area contributed by atoms with Crippen LogP contribution in [-0.2, 0) is 9.53 Å². The highest BCUT2D eigenvalue weighted by atomic mass is 35.5. The zero-order chi connectivity index (χ0) is 15.0. The fourth-order valence-electron chi connectivity index (χ4n) is 1.53. The number of amides is 1. The second kappa shape index (κ2) is 8.68. The summed E-state index contributed by atoms with van der Waals surface area (Å²) in [6.07, 6.45) is 2.28. The molecule has 0 bridgehead atoms. The van der Waals surface area contributed by atoms with Gasteiger partial charge in [-0.1, -0.05) is 17.7 Å². The number of methoxy groups -OCH3 is 1. The van der Waals surface area contributed by atoms with Crippen molar-refractivity contribution < 1.29 is 19.0 Å². The van der Waals surface area contributed by atoms with Gasteiger partial charge in [-0.25, -0.2) is 4.39 Å². The summed E-state index contributed by atoms with van der Waals surface area (Å²) in [5, 5.41) is 12.2. The number of halogens is 2. The molecule has 0 aliphatic rings. The molecule has 110 valence electrons. The number of aliphatic hydroxyl groups is 1. The molecule has 0 saturated heterocycles. The van der Waals surface area contributed by atoms with E-state index in [-0.39, 0.29) is 23.1 Å².